The first-order chi connectivity index (χ1) is 7.15. The van der Waals surface area contributed by atoms with Gasteiger partial charge in [-0.2, -0.15) is 5.26 Å². The van der Waals surface area contributed by atoms with Crippen molar-refractivity contribution in [3.05, 3.63) is 18.1 Å². The van der Waals surface area contributed by atoms with Crippen LogP contribution >= 0.6 is 0 Å². The van der Waals surface area contributed by atoms with E-state index >= 15 is 0 Å². The predicted octanol–water partition coefficient (Wildman–Crippen LogP) is -0.497. The number of aliphatic hydroxyl groups excluding tert-OH is 2. The van der Waals surface area contributed by atoms with E-state index < -0.39 is 5.54 Å². The van der Waals surface area contributed by atoms with Gasteiger partial charge in [-0.05, 0) is 6.92 Å². The van der Waals surface area contributed by atoms with Gasteiger partial charge in [0.15, 0.2) is 11.5 Å². The molecule has 0 aromatic carbocycles. The SMILES string of the molecule is CC(CO)(CO)Nc1nccnc1C#N. The molecular weight excluding hydrogens is 196 g/mol. The van der Waals surface area contributed by atoms with E-state index in [4.69, 9.17) is 15.5 Å². The lowest BCUT2D eigenvalue weighted by molar-refractivity contribution is 0.147. The fraction of sp³-hybridized carbons (Fsp3) is 0.444. The Balaban J connectivity index is 2.94. The number of rotatable bonds is 4. The second-order valence-electron chi connectivity index (χ2n) is 3.37. The smallest absolute Gasteiger partial charge is 0.182 e. The summed E-state index contributed by atoms with van der Waals surface area (Å²) in [5.74, 6) is 0.255. The summed E-state index contributed by atoms with van der Waals surface area (Å²) in [6, 6.07) is 1.87. The number of nitrogens with zero attached hydrogens (tertiary/aromatic N) is 3. The maximum absolute atomic E-state index is 9.06. The number of hydrogen-bond donors (Lipinski definition) is 3. The Kier molecular flexibility index (Phi) is 3.55. The lowest BCUT2D eigenvalue weighted by Crippen LogP contribution is -2.43. The molecule has 6 nitrogen and oxygen atoms in total. The zero-order chi connectivity index (χ0) is 11.3. The van der Waals surface area contributed by atoms with E-state index in [9.17, 15) is 0 Å². The number of aromatic nitrogens is 2. The molecule has 0 radical (unpaired) electrons. The summed E-state index contributed by atoms with van der Waals surface area (Å²) in [6.45, 7) is 1.07. The molecule has 3 N–H and O–H groups in total. The molecule has 1 aromatic rings. The molecule has 15 heavy (non-hydrogen) atoms. The molecule has 0 atom stereocenters. The Morgan fingerprint density at radius 1 is 1.40 bits per heavy atom. The van der Waals surface area contributed by atoms with Crippen molar-refractivity contribution in [2.24, 2.45) is 0 Å². The molecule has 1 rings (SSSR count). The van der Waals surface area contributed by atoms with E-state index in [1.54, 1.807) is 6.92 Å². The van der Waals surface area contributed by atoms with E-state index in [0.717, 1.165) is 0 Å². The van der Waals surface area contributed by atoms with Crippen molar-refractivity contribution in [3.63, 3.8) is 0 Å². The molecule has 0 unspecified atom stereocenters. The molecule has 0 bridgehead atoms. The second kappa shape index (κ2) is 4.68. The maximum Gasteiger partial charge on any atom is 0.182 e. The van der Waals surface area contributed by atoms with E-state index in [1.165, 1.54) is 12.4 Å². The molecular formula is C9H12N4O2. The number of aliphatic hydroxyl groups is 2. The Labute approximate surface area is 87.2 Å². The predicted molar refractivity (Wildman–Crippen MR) is 52.9 cm³/mol. The Bertz CT molecular complexity index is 371. The van der Waals surface area contributed by atoms with Crippen molar-refractivity contribution in [2.45, 2.75) is 12.5 Å². The first kappa shape index (κ1) is 11.4. The van der Waals surface area contributed by atoms with Gasteiger partial charge in [-0.15, -0.1) is 0 Å². The highest BCUT2D eigenvalue weighted by Crippen LogP contribution is 2.14. The van der Waals surface area contributed by atoms with Gasteiger partial charge >= 0.3 is 0 Å². The van der Waals surface area contributed by atoms with Crippen LogP contribution in [0, 0.1) is 11.3 Å². The first-order valence-corrected chi connectivity index (χ1v) is 4.36. The molecule has 0 fully saturated rings. The molecule has 0 saturated heterocycles. The monoisotopic (exact) mass is 208 g/mol. The second-order valence-corrected chi connectivity index (χ2v) is 3.37. The van der Waals surface area contributed by atoms with Crippen molar-refractivity contribution in [2.75, 3.05) is 18.5 Å². The van der Waals surface area contributed by atoms with Crippen LogP contribution < -0.4 is 5.32 Å². The van der Waals surface area contributed by atoms with Gasteiger partial charge in [-0.1, -0.05) is 0 Å². The van der Waals surface area contributed by atoms with Crippen molar-refractivity contribution in [3.8, 4) is 6.07 Å². The molecule has 80 valence electrons. The molecule has 0 aliphatic carbocycles. The quantitative estimate of drug-likeness (QED) is 0.616. The van der Waals surface area contributed by atoms with Gasteiger partial charge in [0, 0.05) is 12.4 Å². The summed E-state index contributed by atoms with van der Waals surface area (Å²) in [5.41, 5.74) is -0.785. The van der Waals surface area contributed by atoms with Crippen molar-refractivity contribution in [1.82, 2.24) is 9.97 Å². The van der Waals surface area contributed by atoms with Gasteiger partial charge in [0.1, 0.15) is 6.07 Å². The molecule has 1 aromatic heterocycles. The highest BCUT2D eigenvalue weighted by molar-refractivity contribution is 5.48. The van der Waals surface area contributed by atoms with Gasteiger partial charge in [0.2, 0.25) is 0 Å². The highest BCUT2D eigenvalue weighted by Gasteiger charge is 2.23. The number of anilines is 1. The van der Waals surface area contributed by atoms with Crippen molar-refractivity contribution >= 4 is 5.82 Å². The molecule has 0 saturated carbocycles. The lowest BCUT2D eigenvalue weighted by Gasteiger charge is -2.26. The molecule has 0 amide bonds. The van der Waals surface area contributed by atoms with Gasteiger partial charge in [0.25, 0.3) is 0 Å². The van der Waals surface area contributed by atoms with E-state index in [1.807, 2.05) is 6.07 Å². The topological polar surface area (TPSA) is 102 Å². The van der Waals surface area contributed by atoms with Crippen LogP contribution in [0.25, 0.3) is 0 Å². The molecule has 0 aliphatic rings. The van der Waals surface area contributed by atoms with Crippen LogP contribution in [0.1, 0.15) is 12.6 Å². The van der Waals surface area contributed by atoms with Crippen LogP contribution in [0.2, 0.25) is 0 Å². The molecule has 0 spiro atoms. The first-order valence-electron chi connectivity index (χ1n) is 4.36. The van der Waals surface area contributed by atoms with Crippen molar-refractivity contribution in [1.29, 1.82) is 5.26 Å². The Morgan fingerprint density at radius 3 is 2.53 bits per heavy atom. The number of nitriles is 1. The average Bonchev–Trinajstić information content (AvgIpc) is 2.29. The maximum atomic E-state index is 9.06. The molecule has 0 aliphatic heterocycles. The van der Waals surface area contributed by atoms with Gasteiger partial charge in [-0.25, -0.2) is 9.97 Å². The van der Waals surface area contributed by atoms with E-state index in [-0.39, 0.29) is 24.7 Å². The van der Waals surface area contributed by atoms with Gasteiger partial charge in [0.05, 0.1) is 18.8 Å². The zero-order valence-electron chi connectivity index (χ0n) is 8.30. The number of nitrogens with one attached hydrogen (secondary N) is 1. The fourth-order valence-electron chi connectivity index (χ4n) is 0.926. The third-order valence-electron chi connectivity index (χ3n) is 1.92. The van der Waals surface area contributed by atoms with E-state index in [0.29, 0.717) is 0 Å². The minimum Gasteiger partial charge on any atom is -0.394 e. The van der Waals surface area contributed by atoms with Crippen LogP contribution in [0.3, 0.4) is 0 Å². The van der Waals surface area contributed by atoms with Crippen molar-refractivity contribution < 1.29 is 10.2 Å². The lowest BCUT2D eigenvalue weighted by atomic mass is 10.1. The van der Waals surface area contributed by atoms with E-state index in [2.05, 4.69) is 15.3 Å². The summed E-state index contributed by atoms with van der Waals surface area (Å²) >= 11 is 0. The van der Waals surface area contributed by atoms with Crippen LogP contribution in [0.15, 0.2) is 12.4 Å². The van der Waals surface area contributed by atoms with Crippen LogP contribution in [-0.2, 0) is 0 Å². The fourth-order valence-corrected chi connectivity index (χ4v) is 0.926. The summed E-state index contributed by atoms with van der Waals surface area (Å²) in [4.78, 5) is 7.71. The molecule has 1 heterocycles. The minimum atomic E-state index is -0.915. The van der Waals surface area contributed by atoms with Crippen LogP contribution in [0.4, 0.5) is 5.82 Å². The Morgan fingerprint density at radius 2 is 2.00 bits per heavy atom. The third-order valence-corrected chi connectivity index (χ3v) is 1.92. The summed E-state index contributed by atoms with van der Waals surface area (Å²) < 4.78 is 0. The van der Waals surface area contributed by atoms with Gasteiger partial charge in [-0.3, -0.25) is 0 Å². The largest absolute Gasteiger partial charge is 0.394 e. The van der Waals surface area contributed by atoms with Crippen LogP contribution in [-0.4, -0.2) is 38.9 Å². The highest BCUT2D eigenvalue weighted by atomic mass is 16.3. The third kappa shape index (κ3) is 2.62. The van der Waals surface area contributed by atoms with Crippen LogP contribution in [0.5, 0.6) is 0 Å². The summed E-state index contributed by atoms with van der Waals surface area (Å²) in [5, 5.41) is 29.6. The Hall–Kier alpha value is -1.71. The zero-order valence-corrected chi connectivity index (χ0v) is 8.30. The normalized spacial score (nSPS) is 10.8. The standard InChI is InChI=1S/C9H12N4O2/c1-9(5-14,6-15)13-8-7(4-10)11-2-3-12-8/h2-3,14-15H,5-6H2,1H3,(H,12,13). The minimum absolute atomic E-state index is 0.130. The summed E-state index contributed by atoms with van der Waals surface area (Å²) in [6.07, 6.45) is 2.83. The molecule has 6 heteroatoms. The average molecular weight is 208 g/mol. The van der Waals surface area contributed by atoms with Gasteiger partial charge < -0.3 is 15.5 Å². The summed E-state index contributed by atoms with van der Waals surface area (Å²) in [7, 11) is 0. The number of hydrogen-bond acceptors (Lipinski definition) is 6.